The summed E-state index contributed by atoms with van der Waals surface area (Å²) in [5, 5.41) is 0. The van der Waals surface area contributed by atoms with Crippen LogP contribution in [0.3, 0.4) is 0 Å². The summed E-state index contributed by atoms with van der Waals surface area (Å²) in [5.41, 5.74) is 3.75. The Morgan fingerprint density at radius 3 is 2.91 bits per heavy atom. The zero-order valence-electron chi connectivity index (χ0n) is 7.26. The van der Waals surface area contributed by atoms with Gasteiger partial charge in [-0.1, -0.05) is 11.6 Å². The van der Waals surface area contributed by atoms with E-state index in [0.717, 1.165) is 6.42 Å². The van der Waals surface area contributed by atoms with Crippen LogP contribution in [0.2, 0.25) is 6.04 Å². The van der Waals surface area contributed by atoms with Gasteiger partial charge in [0.1, 0.15) is 0 Å². The Labute approximate surface area is 70.2 Å². The van der Waals surface area contributed by atoms with Crippen LogP contribution in [0.25, 0.3) is 0 Å². The number of carbonyl (C=O) groups excluding carboxylic acids is 1. The van der Waals surface area contributed by atoms with Crippen LogP contribution >= 0.6 is 0 Å². The normalized spacial score (nSPS) is 9.64. The van der Waals surface area contributed by atoms with Crippen molar-refractivity contribution in [3.63, 3.8) is 0 Å². The Hall–Kier alpha value is -0.663. The molecular formula is C8H15NOSi. The summed E-state index contributed by atoms with van der Waals surface area (Å²) in [7, 11) is -0.0160. The number of hydrogen-bond donors (Lipinski definition) is 0. The maximum atomic E-state index is 9.65. The van der Waals surface area contributed by atoms with Crippen molar-refractivity contribution >= 4 is 15.6 Å². The van der Waals surface area contributed by atoms with Crippen LogP contribution in [0.5, 0.6) is 0 Å². The average molecular weight is 169 g/mol. The lowest BCUT2D eigenvalue weighted by Crippen LogP contribution is -1.88. The fourth-order valence-corrected chi connectivity index (χ4v) is 2.07. The second-order valence-electron chi connectivity index (χ2n) is 2.75. The van der Waals surface area contributed by atoms with Crippen LogP contribution in [0.15, 0.2) is 16.3 Å². The summed E-state index contributed by atoms with van der Waals surface area (Å²) in [6, 6.07) is 1.25. The summed E-state index contributed by atoms with van der Waals surface area (Å²) >= 11 is 0. The third-order valence-electron chi connectivity index (χ3n) is 1.34. The number of rotatable bonds is 5. The van der Waals surface area contributed by atoms with Crippen LogP contribution in [0.1, 0.15) is 20.3 Å². The van der Waals surface area contributed by atoms with Gasteiger partial charge in [0, 0.05) is 9.52 Å². The number of allylic oxidation sites excluding steroid dienone is 1. The van der Waals surface area contributed by atoms with E-state index in [1.807, 2.05) is 0 Å². The zero-order chi connectivity index (χ0) is 8.53. The second kappa shape index (κ2) is 7.44. The predicted octanol–water partition coefficient (Wildman–Crippen LogP) is 1.22. The SMILES string of the molecule is CC(C)=C[SiH2]CCCN=C=O. The summed E-state index contributed by atoms with van der Waals surface area (Å²) < 4.78 is 0. The molecule has 0 saturated heterocycles. The van der Waals surface area contributed by atoms with E-state index >= 15 is 0 Å². The molecule has 0 fully saturated rings. The maximum absolute atomic E-state index is 9.65. The van der Waals surface area contributed by atoms with Gasteiger partial charge in [-0.05, 0) is 20.3 Å². The van der Waals surface area contributed by atoms with E-state index in [9.17, 15) is 4.79 Å². The number of aliphatic imine (C=N–C) groups is 1. The van der Waals surface area contributed by atoms with Crippen LogP contribution in [0.4, 0.5) is 0 Å². The molecule has 0 saturated carbocycles. The molecule has 0 rings (SSSR count). The minimum absolute atomic E-state index is 0.0160. The van der Waals surface area contributed by atoms with Crippen molar-refractivity contribution in [2.24, 2.45) is 4.99 Å². The van der Waals surface area contributed by atoms with E-state index in [2.05, 4.69) is 24.5 Å². The van der Waals surface area contributed by atoms with Gasteiger partial charge in [-0.3, -0.25) is 0 Å². The molecule has 0 N–H and O–H groups in total. The molecule has 0 aliphatic carbocycles. The van der Waals surface area contributed by atoms with Crippen molar-refractivity contribution in [1.29, 1.82) is 0 Å². The smallest absolute Gasteiger partial charge is 0.211 e. The van der Waals surface area contributed by atoms with E-state index in [-0.39, 0.29) is 9.52 Å². The van der Waals surface area contributed by atoms with Crippen LogP contribution < -0.4 is 0 Å². The number of nitrogens with zero attached hydrogens (tertiary/aromatic N) is 1. The zero-order valence-corrected chi connectivity index (χ0v) is 8.68. The molecule has 0 aromatic rings. The Bertz CT molecular complexity index is 167. The highest BCUT2D eigenvalue weighted by Gasteiger charge is 1.85. The lowest BCUT2D eigenvalue weighted by atomic mass is 10.4. The Balaban J connectivity index is 3.15. The van der Waals surface area contributed by atoms with Gasteiger partial charge in [0.25, 0.3) is 0 Å². The Morgan fingerprint density at radius 2 is 2.36 bits per heavy atom. The molecule has 0 aromatic heterocycles. The van der Waals surface area contributed by atoms with Crippen molar-refractivity contribution in [1.82, 2.24) is 0 Å². The van der Waals surface area contributed by atoms with E-state index in [4.69, 9.17) is 0 Å². The molecule has 0 radical (unpaired) electrons. The van der Waals surface area contributed by atoms with Gasteiger partial charge in [-0.2, -0.15) is 0 Å². The largest absolute Gasteiger partial charge is 0.234 e. The Morgan fingerprint density at radius 1 is 1.64 bits per heavy atom. The topological polar surface area (TPSA) is 29.4 Å². The lowest BCUT2D eigenvalue weighted by Gasteiger charge is -1.91. The molecule has 62 valence electrons. The number of hydrogen-bond acceptors (Lipinski definition) is 2. The molecule has 0 amide bonds. The molecular weight excluding hydrogens is 154 g/mol. The minimum atomic E-state index is -0.0160. The summed E-state index contributed by atoms with van der Waals surface area (Å²) in [4.78, 5) is 13.1. The fourth-order valence-electron chi connectivity index (χ4n) is 0.772. The average Bonchev–Trinajstić information content (AvgIpc) is 1.96. The maximum Gasteiger partial charge on any atom is 0.234 e. The van der Waals surface area contributed by atoms with Gasteiger partial charge in [0.05, 0.1) is 6.54 Å². The monoisotopic (exact) mass is 169 g/mol. The van der Waals surface area contributed by atoms with Gasteiger partial charge >= 0.3 is 0 Å². The standard InChI is InChI=1S/C8H15NOSi/c1-8(2)6-11-5-3-4-9-7-10/h6H,3-5,11H2,1-2H3. The van der Waals surface area contributed by atoms with Crippen molar-refractivity contribution in [2.45, 2.75) is 26.3 Å². The van der Waals surface area contributed by atoms with Gasteiger partial charge < -0.3 is 0 Å². The van der Waals surface area contributed by atoms with Crippen molar-refractivity contribution < 1.29 is 4.79 Å². The van der Waals surface area contributed by atoms with E-state index < -0.39 is 0 Å². The first-order valence-electron chi connectivity index (χ1n) is 3.94. The van der Waals surface area contributed by atoms with Gasteiger partial charge in [0.15, 0.2) is 0 Å². The highest BCUT2D eigenvalue weighted by Crippen LogP contribution is 1.93. The first-order valence-corrected chi connectivity index (χ1v) is 5.76. The molecule has 0 spiro atoms. The van der Waals surface area contributed by atoms with Crippen LogP contribution in [-0.2, 0) is 4.79 Å². The predicted molar refractivity (Wildman–Crippen MR) is 50.4 cm³/mol. The van der Waals surface area contributed by atoms with Crippen molar-refractivity contribution in [3.05, 3.63) is 11.3 Å². The first-order chi connectivity index (χ1) is 5.27. The summed E-state index contributed by atoms with van der Waals surface area (Å²) in [6.07, 6.45) is 2.59. The quantitative estimate of drug-likeness (QED) is 0.263. The number of isocyanates is 1. The molecule has 0 heterocycles. The summed E-state index contributed by atoms with van der Waals surface area (Å²) in [6.45, 7) is 4.90. The van der Waals surface area contributed by atoms with E-state index in [1.54, 1.807) is 6.08 Å². The molecule has 0 aromatic carbocycles. The fraction of sp³-hybridized carbons (Fsp3) is 0.625. The van der Waals surface area contributed by atoms with Gasteiger partial charge in [0.2, 0.25) is 6.08 Å². The molecule has 0 unspecified atom stereocenters. The second-order valence-corrected chi connectivity index (χ2v) is 4.44. The van der Waals surface area contributed by atoms with Gasteiger partial charge in [-0.15, -0.1) is 5.70 Å². The molecule has 0 aliphatic rings. The third kappa shape index (κ3) is 9.34. The molecule has 3 heteroatoms. The molecule has 2 nitrogen and oxygen atoms in total. The molecule has 0 bridgehead atoms. The third-order valence-corrected chi connectivity index (χ3v) is 3.35. The van der Waals surface area contributed by atoms with E-state index in [1.165, 1.54) is 11.6 Å². The van der Waals surface area contributed by atoms with Crippen LogP contribution in [0, 0.1) is 0 Å². The van der Waals surface area contributed by atoms with Crippen LogP contribution in [-0.4, -0.2) is 22.1 Å². The Kier molecular flexibility index (Phi) is 7.00. The first kappa shape index (κ1) is 10.3. The molecule has 11 heavy (non-hydrogen) atoms. The molecule has 0 aliphatic heterocycles. The van der Waals surface area contributed by atoms with Crippen molar-refractivity contribution in [2.75, 3.05) is 6.54 Å². The van der Waals surface area contributed by atoms with Crippen molar-refractivity contribution in [3.8, 4) is 0 Å². The lowest BCUT2D eigenvalue weighted by molar-refractivity contribution is 0.562. The van der Waals surface area contributed by atoms with Gasteiger partial charge in [-0.25, -0.2) is 9.79 Å². The summed E-state index contributed by atoms with van der Waals surface area (Å²) in [5.74, 6) is 0. The van der Waals surface area contributed by atoms with E-state index in [0.29, 0.717) is 6.54 Å². The highest BCUT2D eigenvalue weighted by atomic mass is 28.2. The highest BCUT2D eigenvalue weighted by molar-refractivity contribution is 6.42. The molecule has 0 atom stereocenters. The minimum Gasteiger partial charge on any atom is -0.211 e.